The van der Waals surface area contributed by atoms with Gasteiger partial charge in [-0.25, -0.2) is 0 Å². The molecule has 0 spiro atoms. The van der Waals surface area contributed by atoms with E-state index in [1.807, 2.05) is 45.2 Å². The first-order valence-electron chi connectivity index (χ1n) is 8.18. The van der Waals surface area contributed by atoms with Crippen LogP contribution in [0.15, 0.2) is 24.3 Å². The molecule has 0 aliphatic heterocycles. The van der Waals surface area contributed by atoms with Crippen molar-refractivity contribution in [2.24, 2.45) is 7.05 Å². The predicted octanol–water partition coefficient (Wildman–Crippen LogP) is 2.80. The molecule has 0 aliphatic rings. The van der Waals surface area contributed by atoms with Gasteiger partial charge >= 0.3 is 0 Å². The molecule has 0 aliphatic carbocycles. The van der Waals surface area contributed by atoms with Crippen molar-refractivity contribution < 1.29 is 9.90 Å². The third kappa shape index (κ3) is 3.85. The van der Waals surface area contributed by atoms with Gasteiger partial charge in [0.1, 0.15) is 0 Å². The summed E-state index contributed by atoms with van der Waals surface area (Å²) in [4.78, 5) is 12.3. The minimum Gasteiger partial charge on any atom is -0.387 e. The number of nitrogens with zero attached hydrogens (tertiary/aromatic N) is 2. The highest BCUT2D eigenvalue weighted by atomic mass is 16.3. The molecule has 2 aromatic rings. The van der Waals surface area contributed by atoms with Gasteiger partial charge in [0.15, 0.2) is 0 Å². The number of benzene rings is 1. The first-order chi connectivity index (χ1) is 11.1. The maximum Gasteiger partial charge on any atom is 0.255 e. The topological polar surface area (TPSA) is 67.2 Å². The lowest BCUT2D eigenvalue weighted by Gasteiger charge is -2.20. The van der Waals surface area contributed by atoms with Crippen LogP contribution >= 0.6 is 0 Å². The average molecular weight is 329 g/mol. The number of aromatic nitrogens is 2. The van der Waals surface area contributed by atoms with Crippen molar-refractivity contribution in [3.63, 3.8) is 0 Å². The van der Waals surface area contributed by atoms with Crippen molar-refractivity contribution in [3.05, 3.63) is 52.3 Å². The summed E-state index contributed by atoms with van der Waals surface area (Å²) >= 11 is 0. The van der Waals surface area contributed by atoms with Gasteiger partial charge in [-0.2, -0.15) is 5.10 Å². The number of carbonyl (C=O) groups is 1. The number of carbonyl (C=O) groups excluding carboxylic acids is 1. The van der Waals surface area contributed by atoms with Crippen molar-refractivity contribution in [1.82, 2.24) is 15.1 Å². The summed E-state index contributed by atoms with van der Waals surface area (Å²) in [7, 11) is 1.81. The highest BCUT2D eigenvalue weighted by molar-refractivity contribution is 5.96. The lowest BCUT2D eigenvalue weighted by Crippen LogP contribution is -2.29. The zero-order valence-corrected chi connectivity index (χ0v) is 15.3. The summed E-state index contributed by atoms with van der Waals surface area (Å²) in [6, 6.07) is 7.88. The van der Waals surface area contributed by atoms with Crippen LogP contribution in [0.3, 0.4) is 0 Å². The Kier molecular flexibility index (Phi) is 5.13. The van der Waals surface area contributed by atoms with E-state index in [2.05, 4.69) is 31.2 Å². The van der Waals surface area contributed by atoms with Crippen LogP contribution in [0.2, 0.25) is 0 Å². The standard InChI is InChI=1S/C19H27N3O2/c1-12-17(13(2)22(6)21-12)18(24)20-11-16(23)14-7-9-15(10-8-14)19(3,4)5/h7-10,16,23H,11H2,1-6H3,(H,20,24). The summed E-state index contributed by atoms with van der Waals surface area (Å²) in [5.41, 5.74) is 4.16. The molecule has 130 valence electrons. The maximum absolute atomic E-state index is 12.3. The van der Waals surface area contributed by atoms with E-state index < -0.39 is 6.10 Å². The highest BCUT2D eigenvalue weighted by Crippen LogP contribution is 2.24. The Morgan fingerprint density at radius 1 is 1.25 bits per heavy atom. The second-order valence-electron chi connectivity index (χ2n) is 7.27. The molecule has 0 saturated carbocycles. The molecule has 1 amide bonds. The zero-order chi connectivity index (χ0) is 18.1. The van der Waals surface area contributed by atoms with E-state index in [1.165, 1.54) is 5.56 Å². The smallest absolute Gasteiger partial charge is 0.255 e. The van der Waals surface area contributed by atoms with Gasteiger partial charge in [-0.1, -0.05) is 45.0 Å². The van der Waals surface area contributed by atoms with Crippen LogP contribution in [-0.2, 0) is 12.5 Å². The summed E-state index contributed by atoms with van der Waals surface area (Å²) in [5, 5.41) is 17.4. The van der Waals surface area contributed by atoms with Crippen LogP contribution in [-0.4, -0.2) is 27.3 Å². The predicted molar refractivity (Wildman–Crippen MR) is 95.1 cm³/mol. The van der Waals surface area contributed by atoms with Crippen molar-refractivity contribution in [2.45, 2.75) is 46.1 Å². The van der Waals surface area contributed by atoms with Gasteiger partial charge in [0.25, 0.3) is 5.91 Å². The van der Waals surface area contributed by atoms with Crippen LogP contribution in [0.5, 0.6) is 0 Å². The molecule has 0 bridgehead atoms. The van der Waals surface area contributed by atoms with E-state index in [1.54, 1.807) is 4.68 Å². The largest absolute Gasteiger partial charge is 0.387 e. The molecule has 2 N–H and O–H groups in total. The Morgan fingerprint density at radius 3 is 2.29 bits per heavy atom. The third-order valence-electron chi connectivity index (χ3n) is 4.35. The van der Waals surface area contributed by atoms with Crippen LogP contribution in [0.4, 0.5) is 0 Å². The average Bonchev–Trinajstić information content (AvgIpc) is 2.76. The quantitative estimate of drug-likeness (QED) is 0.906. The number of aliphatic hydroxyl groups is 1. The highest BCUT2D eigenvalue weighted by Gasteiger charge is 2.19. The summed E-state index contributed by atoms with van der Waals surface area (Å²) < 4.78 is 1.69. The molecule has 0 saturated heterocycles. The molecular formula is C19H27N3O2. The first kappa shape index (κ1) is 18.2. The monoisotopic (exact) mass is 329 g/mol. The van der Waals surface area contributed by atoms with Crippen molar-refractivity contribution in [2.75, 3.05) is 6.54 Å². The molecule has 2 rings (SSSR count). The normalized spacial score (nSPS) is 13.0. The van der Waals surface area contributed by atoms with E-state index in [-0.39, 0.29) is 17.9 Å². The number of amides is 1. The summed E-state index contributed by atoms with van der Waals surface area (Å²) in [6.07, 6.45) is -0.736. The van der Waals surface area contributed by atoms with Gasteiger partial charge < -0.3 is 10.4 Å². The lowest BCUT2D eigenvalue weighted by molar-refractivity contribution is 0.0915. The number of aliphatic hydroxyl groups excluding tert-OH is 1. The van der Waals surface area contributed by atoms with Crippen molar-refractivity contribution >= 4 is 5.91 Å². The van der Waals surface area contributed by atoms with Crippen LogP contribution in [0, 0.1) is 13.8 Å². The summed E-state index contributed by atoms with van der Waals surface area (Å²) in [6.45, 7) is 10.3. The number of nitrogens with one attached hydrogen (secondary N) is 1. The molecule has 24 heavy (non-hydrogen) atoms. The van der Waals surface area contributed by atoms with Gasteiger partial charge in [0.05, 0.1) is 17.4 Å². The van der Waals surface area contributed by atoms with E-state index >= 15 is 0 Å². The first-order valence-corrected chi connectivity index (χ1v) is 8.18. The second kappa shape index (κ2) is 6.77. The number of hydrogen-bond acceptors (Lipinski definition) is 3. The Morgan fingerprint density at radius 2 is 1.83 bits per heavy atom. The molecule has 1 atom stereocenters. The molecule has 5 heteroatoms. The molecule has 5 nitrogen and oxygen atoms in total. The molecular weight excluding hydrogens is 302 g/mol. The molecule has 1 aromatic carbocycles. The lowest BCUT2D eigenvalue weighted by atomic mass is 9.86. The van der Waals surface area contributed by atoms with Gasteiger partial charge in [0, 0.05) is 19.3 Å². The summed E-state index contributed by atoms with van der Waals surface area (Å²) in [5.74, 6) is -0.205. The fraction of sp³-hybridized carbons (Fsp3) is 0.474. The Balaban J connectivity index is 2.02. The Labute approximate surface area is 143 Å². The van der Waals surface area contributed by atoms with Gasteiger partial charge in [-0.3, -0.25) is 9.48 Å². The van der Waals surface area contributed by atoms with Crippen LogP contribution in [0.25, 0.3) is 0 Å². The van der Waals surface area contributed by atoms with Gasteiger partial charge in [-0.05, 0) is 30.4 Å². The minimum absolute atomic E-state index is 0.0764. The SMILES string of the molecule is Cc1nn(C)c(C)c1C(=O)NCC(O)c1ccc(C(C)(C)C)cc1. The zero-order valence-electron chi connectivity index (χ0n) is 15.3. The van der Waals surface area contributed by atoms with Gasteiger partial charge in [0.2, 0.25) is 0 Å². The Bertz CT molecular complexity index is 724. The van der Waals surface area contributed by atoms with Crippen molar-refractivity contribution in [3.8, 4) is 0 Å². The Hall–Kier alpha value is -2.14. The van der Waals surface area contributed by atoms with E-state index in [0.29, 0.717) is 11.3 Å². The van der Waals surface area contributed by atoms with E-state index in [4.69, 9.17) is 0 Å². The number of rotatable bonds is 4. The molecule has 0 fully saturated rings. The minimum atomic E-state index is -0.736. The van der Waals surface area contributed by atoms with Crippen LogP contribution in [0.1, 0.15) is 59.7 Å². The molecule has 1 aromatic heterocycles. The number of hydrogen-bond donors (Lipinski definition) is 2. The maximum atomic E-state index is 12.3. The molecule has 0 radical (unpaired) electrons. The molecule has 1 heterocycles. The fourth-order valence-corrected chi connectivity index (χ4v) is 2.70. The fourth-order valence-electron chi connectivity index (χ4n) is 2.70. The van der Waals surface area contributed by atoms with E-state index in [9.17, 15) is 9.90 Å². The van der Waals surface area contributed by atoms with Crippen LogP contribution < -0.4 is 5.32 Å². The third-order valence-corrected chi connectivity index (χ3v) is 4.35. The van der Waals surface area contributed by atoms with Crippen molar-refractivity contribution in [1.29, 1.82) is 0 Å². The second-order valence-corrected chi connectivity index (χ2v) is 7.27. The van der Waals surface area contributed by atoms with Gasteiger partial charge in [-0.15, -0.1) is 0 Å². The van der Waals surface area contributed by atoms with E-state index in [0.717, 1.165) is 11.3 Å². The molecule has 1 unspecified atom stereocenters. The number of aryl methyl sites for hydroxylation is 2.